The van der Waals surface area contributed by atoms with Crippen molar-refractivity contribution in [3.8, 4) is 0 Å². The summed E-state index contributed by atoms with van der Waals surface area (Å²) in [5.74, 6) is 0.531. The molecule has 0 saturated heterocycles. The van der Waals surface area contributed by atoms with Crippen LogP contribution in [-0.4, -0.2) is 25.8 Å². The van der Waals surface area contributed by atoms with Gasteiger partial charge in [0, 0.05) is 6.54 Å². The third-order valence-electron chi connectivity index (χ3n) is 1.82. The maximum absolute atomic E-state index is 10.8. The van der Waals surface area contributed by atoms with Crippen molar-refractivity contribution < 1.29 is 9.53 Å². The van der Waals surface area contributed by atoms with Crippen LogP contribution in [0.5, 0.6) is 0 Å². The molecule has 13 heavy (non-hydrogen) atoms. The Kier molecular flexibility index (Phi) is 7.39. The summed E-state index contributed by atoms with van der Waals surface area (Å²) < 4.78 is 4.70. The summed E-state index contributed by atoms with van der Waals surface area (Å²) in [4.78, 5) is 10.8. The smallest absolute Gasteiger partial charge is 0.407 e. The van der Waals surface area contributed by atoms with E-state index < -0.39 is 0 Å². The van der Waals surface area contributed by atoms with Crippen molar-refractivity contribution in [2.75, 3.05) is 19.7 Å². The van der Waals surface area contributed by atoms with Crippen LogP contribution in [0.15, 0.2) is 0 Å². The highest BCUT2D eigenvalue weighted by atomic mass is 16.5. The third kappa shape index (κ3) is 7.59. The fraction of sp³-hybridized carbons (Fsp3) is 0.889. The van der Waals surface area contributed by atoms with Crippen LogP contribution in [0.1, 0.15) is 26.7 Å². The Balaban J connectivity index is 3.20. The molecule has 0 spiro atoms. The van der Waals surface area contributed by atoms with E-state index in [0.717, 1.165) is 12.8 Å². The lowest BCUT2D eigenvalue weighted by molar-refractivity contribution is 0.152. The van der Waals surface area contributed by atoms with E-state index >= 15 is 0 Å². The van der Waals surface area contributed by atoms with Crippen molar-refractivity contribution in [2.24, 2.45) is 11.7 Å². The standard InChI is InChI=1S/C9H20N2O2/c1-3-13-9(12)11-6-4-5-8(2)7-10/h8H,3-7,10H2,1-2H3,(H,11,12). The molecule has 0 radical (unpaired) electrons. The Labute approximate surface area is 79.8 Å². The van der Waals surface area contributed by atoms with Gasteiger partial charge in [0.05, 0.1) is 6.61 Å². The Morgan fingerprint density at radius 2 is 2.31 bits per heavy atom. The summed E-state index contributed by atoms with van der Waals surface area (Å²) >= 11 is 0. The number of nitrogens with one attached hydrogen (secondary N) is 1. The largest absolute Gasteiger partial charge is 0.450 e. The number of rotatable bonds is 6. The molecule has 1 atom stereocenters. The van der Waals surface area contributed by atoms with Gasteiger partial charge in [-0.2, -0.15) is 0 Å². The summed E-state index contributed by atoms with van der Waals surface area (Å²) in [6.45, 7) is 5.69. The van der Waals surface area contributed by atoms with Crippen LogP contribution in [0.3, 0.4) is 0 Å². The highest BCUT2D eigenvalue weighted by molar-refractivity contribution is 5.66. The van der Waals surface area contributed by atoms with Gasteiger partial charge in [-0.05, 0) is 32.2 Å². The second kappa shape index (κ2) is 7.86. The maximum atomic E-state index is 10.8. The topological polar surface area (TPSA) is 64.3 Å². The second-order valence-electron chi connectivity index (χ2n) is 3.13. The van der Waals surface area contributed by atoms with E-state index in [1.165, 1.54) is 0 Å². The van der Waals surface area contributed by atoms with Gasteiger partial charge in [-0.15, -0.1) is 0 Å². The van der Waals surface area contributed by atoms with Crippen LogP contribution in [-0.2, 0) is 4.74 Å². The predicted octanol–water partition coefficient (Wildman–Crippen LogP) is 1.11. The number of nitrogens with two attached hydrogens (primary N) is 1. The van der Waals surface area contributed by atoms with Crippen molar-refractivity contribution in [1.29, 1.82) is 0 Å². The van der Waals surface area contributed by atoms with Crippen molar-refractivity contribution in [2.45, 2.75) is 26.7 Å². The van der Waals surface area contributed by atoms with Gasteiger partial charge in [0.25, 0.3) is 0 Å². The van der Waals surface area contributed by atoms with E-state index in [-0.39, 0.29) is 6.09 Å². The van der Waals surface area contributed by atoms with Gasteiger partial charge in [0.1, 0.15) is 0 Å². The lowest BCUT2D eigenvalue weighted by Gasteiger charge is -2.08. The Morgan fingerprint density at radius 1 is 1.62 bits per heavy atom. The molecule has 1 amide bonds. The zero-order chi connectivity index (χ0) is 10.1. The molecule has 0 aliphatic rings. The van der Waals surface area contributed by atoms with Gasteiger partial charge in [-0.3, -0.25) is 0 Å². The maximum Gasteiger partial charge on any atom is 0.407 e. The van der Waals surface area contributed by atoms with E-state index in [9.17, 15) is 4.79 Å². The van der Waals surface area contributed by atoms with E-state index in [1.807, 2.05) is 0 Å². The minimum atomic E-state index is -0.331. The molecule has 0 rings (SSSR count). The van der Waals surface area contributed by atoms with Crippen LogP contribution in [0.25, 0.3) is 0 Å². The summed E-state index contributed by atoms with van der Waals surface area (Å²) in [5.41, 5.74) is 5.45. The monoisotopic (exact) mass is 188 g/mol. The van der Waals surface area contributed by atoms with Gasteiger partial charge < -0.3 is 15.8 Å². The first-order valence-electron chi connectivity index (χ1n) is 4.81. The molecule has 0 aromatic carbocycles. The van der Waals surface area contributed by atoms with E-state index in [0.29, 0.717) is 25.6 Å². The van der Waals surface area contributed by atoms with Crippen LogP contribution >= 0.6 is 0 Å². The molecule has 0 bridgehead atoms. The average molecular weight is 188 g/mol. The number of alkyl carbamates (subject to hydrolysis) is 1. The predicted molar refractivity (Wildman–Crippen MR) is 52.5 cm³/mol. The summed E-state index contributed by atoms with van der Waals surface area (Å²) in [5, 5.41) is 2.66. The highest BCUT2D eigenvalue weighted by Crippen LogP contribution is 2.01. The van der Waals surface area contributed by atoms with Gasteiger partial charge in [0.15, 0.2) is 0 Å². The zero-order valence-corrected chi connectivity index (χ0v) is 8.51. The Morgan fingerprint density at radius 3 is 2.85 bits per heavy atom. The molecule has 0 fully saturated rings. The molecule has 0 aromatic rings. The first kappa shape index (κ1) is 12.2. The first-order chi connectivity index (χ1) is 6.20. The highest BCUT2D eigenvalue weighted by Gasteiger charge is 2.01. The quantitative estimate of drug-likeness (QED) is 0.614. The molecular formula is C9H20N2O2. The van der Waals surface area contributed by atoms with E-state index in [1.54, 1.807) is 6.92 Å². The SMILES string of the molecule is CCOC(=O)NCCCC(C)CN. The van der Waals surface area contributed by atoms with E-state index in [2.05, 4.69) is 12.2 Å². The first-order valence-corrected chi connectivity index (χ1v) is 4.81. The number of carbonyl (C=O) groups is 1. The van der Waals surface area contributed by atoms with Crippen molar-refractivity contribution in [3.05, 3.63) is 0 Å². The fourth-order valence-corrected chi connectivity index (χ4v) is 0.941. The van der Waals surface area contributed by atoms with Crippen molar-refractivity contribution in [1.82, 2.24) is 5.32 Å². The van der Waals surface area contributed by atoms with Crippen LogP contribution in [0.4, 0.5) is 4.79 Å². The zero-order valence-electron chi connectivity index (χ0n) is 8.51. The van der Waals surface area contributed by atoms with Gasteiger partial charge in [-0.1, -0.05) is 6.92 Å². The minimum absolute atomic E-state index is 0.331. The molecule has 0 aliphatic heterocycles. The number of hydrogen-bond donors (Lipinski definition) is 2. The third-order valence-corrected chi connectivity index (χ3v) is 1.82. The molecular weight excluding hydrogens is 168 g/mol. The van der Waals surface area contributed by atoms with Gasteiger partial charge >= 0.3 is 6.09 Å². The molecule has 78 valence electrons. The molecule has 0 heterocycles. The van der Waals surface area contributed by atoms with Crippen LogP contribution in [0.2, 0.25) is 0 Å². The Bertz CT molecular complexity index is 140. The summed E-state index contributed by atoms with van der Waals surface area (Å²) in [6, 6.07) is 0. The number of ether oxygens (including phenoxy) is 1. The molecule has 4 heteroatoms. The number of carbonyl (C=O) groups excluding carboxylic acids is 1. The van der Waals surface area contributed by atoms with Crippen molar-refractivity contribution in [3.63, 3.8) is 0 Å². The molecule has 1 unspecified atom stereocenters. The second-order valence-corrected chi connectivity index (χ2v) is 3.13. The number of amides is 1. The minimum Gasteiger partial charge on any atom is -0.450 e. The molecule has 0 aromatic heterocycles. The van der Waals surface area contributed by atoms with Gasteiger partial charge in [0.2, 0.25) is 0 Å². The summed E-state index contributed by atoms with van der Waals surface area (Å²) in [7, 11) is 0. The Hall–Kier alpha value is -0.770. The van der Waals surface area contributed by atoms with Crippen LogP contribution < -0.4 is 11.1 Å². The molecule has 0 aliphatic carbocycles. The van der Waals surface area contributed by atoms with Crippen LogP contribution in [0, 0.1) is 5.92 Å². The number of hydrogen-bond acceptors (Lipinski definition) is 3. The fourth-order valence-electron chi connectivity index (χ4n) is 0.941. The van der Waals surface area contributed by atoms with Gasteiger partial charge in [-0.25, -0.2) is 4.79 Å². The normalized spacial score (nSPS) is 12.2. The molecule has 0 saturated carbocycles. The van der Waals surface area contributed by atoms with Crippen molar-refractivity contribution >= 4 is 6.09 Å². The van der Waals surface area contributed by atoms with E-state index in [4.69, 9.17) is 10.5 Å². The average Bonchev–Trinajstić information content (AvgIpc) is 2.12. The molecule has 3 N–H and O–H groups in total. The lowest BCUT2D eigenvalue weighted by Crippen LogP contribution is -2.25. The summed E-state index contributed by atoms with van der Waals surface area (Å²) in [6.07, 6.45) is 1.67. The molecule has 4 nitrogen and oxygen atoms in total. The lowest BCUT2D eigenvalue weighted by atomic mass is 10.1.